The van der Waals surface area contributed by atoms with Crippen LogP contribution in [0.25, 0.3) is 0 Å². The number of imidazole rings is 1. The van der Waals surface area contributed by atoms with Crippen LogP contribution in [0.4, 0.5) is 0 Å². The highest BCUT2D eigenvalue weighted by Gasteiger charge is 2.32. The normalized spacial score (nSPS) is 20.6. The summed E-state index contributed by atoms with van der Waals surface area (Å²) in [6, 6.07) is 0. The first kappa shape index (κ1) is 8.93. The second-order valence-electron chi connectivity index (χ2n) is 3.52. The maximum atomic E-state index is 11.6. The Hall–Kier alpha value is -1.65. The number of nitrogens with zero attached hydrogens (tertiary/aromatic N) is 2. The highest BCUT2D eigenvalue weighted by Crippen LogP contribution is 2.24. The summed E-state index contributed by atoms with van der Waals surface area (Å²) in [5, 5.41) is 8.80. The number of fused-ring (bicyclic) bond motifs is 1. The Labute approximate surface area is 80.4 Å². The molecule has 74 valence electrons. The number of carbonyl (C=O) groups excluding carboxylic acids is 1. The Kier molecular flexibility index (Phi) is 1.87. The third kappa shape index (κ3) is 1.21. The number of ketones is 1. The molecule has 1 N–H and O–H groups in total. The standard InChI is InChI=1S/C9H10N2O3/c1-11-4-10-6-2-5(9(13)14)3-7(12)8(6)11/h4-5H,2-3H2,1H3,(H,13,14). The minimum Gasteiger partial charge on any atom is -0.481 e. The largest absolute Gasteiger partial charge is 0.481 e. The van der Waals surface area contributed by atoms with Gasteiger partial charge in [-0.05, 0) is 0 Å². The van der Waals surface area contributed by atoms with E-state index in [4.69, 9.17) is 5.11 Å². The van der Waals surface area contributed by atoms with Crippen LogP contribution in [0.5, 0.6) is 0 Å². The number of aryl methyl sites for hydroxylation is 1. The summed E-state index contributed by atoms with van der Waals surface area (Å²) >= 11 is 0. The van der Waals surface area contributed by atoms with Crippen molar-refractivity contribution in [3.05, 3.63) is 17.7 Å². The van der Waals surface area contributed by atoms with Crippen LogP contribution in [0.1, 0.15) is 22.6 Å². The molecule has 0 aliphatic heterocycles. The Morgan fingerprint density at radius 3 is 3.00 bits per heavy atom. The van der Waals surface area contributed by atoms with E-state index >= 15 is 0 Å². The summed E-state index contributed by atoms with van der Waals surface area (Å²) in [4.78, 5) is 26.3. The van der Waals surface area contributed by atoms with Gasteiger partial charge in [0.25, 0.3) is 0 Å². The average Bonchev–Trinajstić information content (AvgIpc) is 2.48. The van der Waals surface area contributed by atoms with Crippen molar-refractivity contribution in [2.75, 3.05) is 0 Å². The molecule has 0 saturated carbocycles. The molecular formula is C9H10N2O3. The molecule has 0 amide bonds. The molecule has 14 heavy (non-hydrogen) atoms. The van der Waals surface area contributed by atoms with Gasteiger partial charge in [-0.15, -0.1) is 0 Å². The minimum absolute atomic E-state index is 0.0852. The number of hydrogen-bond donors (Lipinski definition) is 1. The van der Waals surface area contributed by atoms with Gasteiger partial charge in [-0.1, -0.05) is 0 Å². The van der Waals surface area contributed by atoms with Crippen molar-refractivity contribution in [2.45, 2.75) is 12.8 Å². The van der Waals surface area contributed by atoms with Gasteiger partial charge in [0.15, 0.2) is 5.78 Å². The van der Waals surface area contributed by atoms with Gasteiger partial charge in [0.05, 0.1) is 17.9 Å². The van der Waals surface area contributed by atoms with E-state index in [0.717, 1.165) is 0 Å². The fourth-order valence-corrected chi connectivity index (χ4v) is 1.79. The molecule has 2 rings (SSSR count). The molecule has 0 saturated heterocycles. The quantitative estimate of drug-likeness (QED) is 0.695. The molecule has 1 aliphatic rings. The monoisotopic (exact) mass is 194 g/mol. The molecule has 1 atom stereocenters. The lowest BCUT2D eigenvalue weighted by atomic mass is 9.89. The summed E-state index contributed by atoms with van der Waals surface area (Å²) in [5.41, 5.74) is 1.17. The third-order valence-corrected chi connectivity index (χ3v) is 2.50. The van der Waals surface area contributed by atoms with Gasteiger partial charge in [-0.25, -0.2) is 4.98 Å². The van der Waals surface area contributed by atoms with Gasteiger partial charge in [0.1, 0.15) is 5.69 Å². The van der Waals surface area contributed by atoms with Gasteiger partial charge in [0.2, 0.25) is 0 Å². The van der Waals surface area contributed by atoms with Crippen LogP contribution in [0.15, 0.2) is 6.33 Å². The third-order valence-electron chi connectivity index (χ3n) is 2.50. The molecule has 5 heteroatoms. The van der Waals surface area contributed by atoms with Crippen molar-refractivity contribution in [3.63, 3.8) is 0 Å². The first-order valence-corrected chi connectivity index (χ1v) is 4.35. The Bertz CT molecular complexity index is 408. The topological polar surface area (TPSA) is 72.2 Å². The average molecular weight is 194 g/mol. The number of aromatic nitrogens is 2. The summed E-state index contributed by atoms with van der Waals surface area (Å²) in [6.07, 6.45) is 1.99. The molecule has 0 bridgehead atoms. The van der Waals surface area contributed by atoms with E-state index in [2.05, 4.69) is 4.98 Å². The maximum Gasteiger partial charge on any atom is 0.307 e. The van der Waals surface area contributed by atoms with Crippen LogP contribution in [-0.2, 0) is 18.3 Å². The van der Waals surface area contributed by atoms with Gasteiger partial charge in [-0.2, -0.15) is 0 Å². The lowest BCUT2D eigenvalue weighted by Gasteiger charge is -2.17. The predicted octanol–water partition coefficient (Wildman–Crippen LogP) is 0.250. The summed E-state index contributed by atoms with van der Waals surface area (Å²) in [6.45, 7) is 0. The van der Waals surface area contributed by atoms with Crippen LogP contribution in [-0.4, -0.2) is 26.4 Å². The molecular weight excluding hydrogens is 184 g/mol. The van der Waals surface area contributed by atoms with Crippen molar-refractivity contribution >= 4 is 11.8 Å². The van der Waals surface area contributed by atoms with Crippen molar-refractivity contribution in [2.24, 2.45) is 13.0 Å². The van der Waals surface area contributed by atoms with E-state index in [1.165, 1.54) is 0 Å². The molecule has 1 unspecified atom stereocenters. The van der Waals surface area contributed by atoms with Crippen LogP contribution in [0.3, 0.4) is 0 Å². The fourth-order valence-electron chi connectivity index (χ4n) is 1.79. The molecule has 0 aromatic carbocycles. The number of aliphatic carboxylic acids is 1. The number of carboxylic acid groups (broad SMARTS) is 1. The molecule has 1 aromatic rings. The fraction of sp³-hybridized carbons (Fsp3) is 0.444. The van der Waals surface area contributed by atoms with Gasteiger partial charge >= 0.3 is 5.97 Å². The Balaban J connectivity index is 2.39. The number of carboxylic acids is 1. The Morgan fingerprint density at radius 2 is 2.36 bits per heavy atom. The Morgan fingerprint density at radius 1 is 1.64 bits per heavy atom. The molecule has 5 nitrogen and oxygen atoms in total. The SMILES string of the molecule is Cn1cnc2c1C(=O)CC(C(=O)O)C2. The number of hydrogen-bond acceptors (Lipinski definition) is 3. The van der Waals surface area contributed by atoms with Crippen LogP contribution >= 0.6 is 0 Å². The van der Waals surface area contributed by atoms with Crippen LogP contribution < -0.4 is 0 Å². The predicted molar refractivity (Wildman–Crippen MR) is 47.0 cm³/mol. The van der Waals surface area contributed by atoms with Crippen LogP contribution in [0.2, 0.25) is 0 Å². The molecule has 1 aliphatic carbocycles. The first-order chi connectivity index (χ1) is 6.59. The molecule has 0 spiro atoms. The summed E-state index contributed by atoms with van der Waals surface area (Å²) < 4.78 is 1.65. The van der Waals surface area contributed by atoms with E-state index in [1.807, 2.05) is 0 Å². The second kappa shape index (κ2) is 2.94. The lowest BCUT2D eigenvalue weighted by molar-refractivity contribution is -0.141. The molecule has 0 fully saturated rings. The number of carbonyl (C=O) groups is 2. The second-order valence-corrected chi connectivity index (χ2v) is 3.52. The zero-order valence-electron chi connectivity index (χ0n) is 7.73. The van der Waals surface area contributed by atoms with Crippen molar-refractivity contribution in [3.8, 4) is 0 Å². The van der Waals surface area contributed by atoms with Gasteiger partial charge in [-0.3, -0.25) is 9.59 Å². The maximum absolute atomic E-state index is 11.6. The van der Waals surface area contributed by atoms with E-state index in [9.17, 15) is 9.59 Å². The van der Waals surface area contributed by atoms with E-state index in [1.54, 1.807) is 17.9 Å². The van der Waals surface area contributed by atoms with Gasteiger partial charge < -0.3 is 9.67 Å². The zero-order valence-corrected chi connectivity index (χ0v) is 7.73. The van der Waals surface area contributed by atoms with E-state index in [0.29, 0.717) is 17.8 Å². The molecule has 1 heterocycles. The number of Topliss-reactive ketones (excluding diaryl/α,β-unsaturated/α-hetero) is 1. The number of rotatable bonds is 1. The molecule has 0 radical (unpaired) electrons. The van der Waals surface area contributed by atoms with E-state index in [-0.39, 0.29) is 12.2 Å². The lowest BCUT2D eigenvalue weighted by Crippen LogP contribution is -2.27. The molecule has 1 aromatic heterocycles. The highest BCUT2D eigenvalue weighted by molar-refractivity contribution is 5.99. The van der Waals surface area contributed by atoms with E-state index < -0.39 is 11.9 Å². The summed E-state index contributed by atoms with van der Waals surface area (Å²) in [7, 11) is 1.74. The minimum atomic E-state index is -0.922. The van der Waals surface area contributed by atoms with Crippen molar-refractivity contribution in [1.29, 1.82) is 0 Å². The van der Waals surface area contributed by atoms with Crippen LogP contribution in [0, 0.1) is 5.92 Å². The first-order valence-electron chi connectivity index (χ1n) is 4.35. The van der Waals surface area contributed by atoms with Gasteiger partial charge in [0, 0.05) is 19.9 Å². The van der Waals surface area contributed by atoms with Crippen molar-refractivity contribution in [1.82, 2.24) is 9.55 Å². The van der Waals surface area contributed by atoms with Crippen molar-refractivity contribution < 1.29 is 14.7 Å². The zero-order chi connectivity index (χ0) is 10.3. The smallest absolute Gasteiger partial charge is 0.307 e. The summed E-state index contributed by atoms with van der Waals surface area (Å²) in [5.74, 6) is -1.65. The highest BCUT2D eigenvalue weighted by atomic mass is 16.4.